The first-order valence-electron chi connectivity index (χ1n) is 11.0. The summed E-state index contributed by atoms with van der Waals surface area (Å²) >= 11 is 0. The number of aromatic nitrogens is 2. The molecule has 2 aliphatic heterocycles. The molecule has 0 atom stereocenters. The van der Waals surface area contributed by atoms with Crippen LogP contribution < -0.4 is 15.0 Å². The largest absolute Gasteiger partial charge is 0.497 e. The van der Waals surface area contributed by atoms with Crippen LogP contribution in [0.4, 0.5) is 5.69 Å². The fraction of sp³-hybridized carbons (Fsp3) is 0.522. The van der Waals surface area contributed by atoms with E-state index in [1.54, 1.807) is 29.9 Å². The number of hydrogen-bond donors (Lipinski definition) is 1. The first-order chi connectivity index (χ1) is 15.5. The van der Waals surface area contributed by atoms with Crippen LogP contribution in [0.15, 0.2) is 41.7 Å². The van der Waals surface area contributed by atoms with Crippen molar-refractivity contribution in [3.8, 4) is 5.75 Å². The van der Waals surface area contributed by atoms with Gasteiger partial charge < -0.3 is 24.6 Å². The Hall–Kier alpha value is -3.07. The van der Waals surface area contributed by atoms with Gasteiger partial charge in [-0.1, -0.05) is 12.1 Å². The average Bonchev–Trinajstić information content (AvgIpc) is 3.26. The van der Waals surface area contributed by atoms with Crippen LogP contribution in [0.25, 0.3) is 0 Å². The van der Waals surface area contributed by atoms with E-state index in [-0.39, 0.29) is 17.9 Å². The van der Waals surface area contributed by atoms with E-state index >= 15 is 0 Å². The lowest BCUT2D eigenvalue weighted by Gasteiger charge is -2.40. The molecule has 32 heavy (non-hydrogen) atoms. The van der Waals surface area contributed by atoms with Crippen molar-refractivity contribution in [2.45, 2.75) is 18.3 Å². The lowest BCUT2D eigenvalue weighted by atomic mass is 9.74. The fourth-order valence-corrected chi connectivity index (χ4v) is 4.53. The van der Waals surface area contributed by atoms with Crippen LogP contribution >= 0.6 is 0 Å². The second-order valence-corrected chi connectivity index (χ2v) is 8.36. The number of aliphatic imine (C=N–C) groups is 1. The number of aryl methyl sites for hydroxylation is 1. The highest BCUT2D eigenvalue weighted by Gasteiger charge is 2.36. The van der Waals surface area contributed by atoms with Gasteiger partial charge in [0.25, 0.3) is 0 Å². The molecule has 0 unspecified atom stereocenters. The Balaban J connectivity index is 1.44. The molecule has 2 aliphatic rings. The maximum absolute atomic E-state index is 12.8. The number of anilines is 1. The zero-order valence-electron chi connectivity index (χ0n) is 19.1. The molecule has 0 spiro atoms. The van der Waals surface area contributed by atoms with Crippen LogP contribution in [0.2, 0.25) is 0 Å². The Morgan fingerprint density at radius 2 is 2.00 bits per heavy atom. The predicted molar refractivity (Wildman–Crippen MR) is 123 cm³/mol. The fourth-order valence-electron chi connectivity index (χ4n) is 4.53. The van der Waals surface area contributed by atoms with E-state index in [1.165, 1.54) is 5.56 Å². The number of rotatable bonds is 5. The number of methoxy groups -OCH3 is 1. The third kappa shape index (κ3) is 4.57. The number of ether oxygens (including phenoxy) is 2. The summed E-state index contributed by atoms with van der Waals surface area (Å²) in [5.41, 5.74) is 2.05. The maximum Gasteiger partial charge on any atom is 0.246 e. The third-order valence-corrected chi connectivity index (χ3v) is 6.47. The van der Waals surface area contributed by atoms with E-state index in [9.17, 15) is 4.79 Å². The molecule has 3 heterocycles. The van der Waals surface area contributed by atoms with Crippen LogP contribution in [0.1, 0.15) is 18.4 Å². The quantitative estimate of drug-likeness (QED) is 0.559. The molecule has 1 aromatic heterocycles. The second-order valence-electron chi connectivity index (χ2n) is 8.36. The Morgan fingerprint density at radius 3 is 2.59 bits per heavy atom. The number of amides is 1. The zero-order chi connectivity index (χ0) is 22.6. The molecule has 9 nitrogen and oxygen atoms in total. The van der Waals surface area contributed by atoms with E-state index in [0.29, 0.717) is 13.1 Å². The van der Waals surface area contributed by atoms with Gasteiger partial charge in [0.15, 0.2) is 5.96 Å². The number of piperazine rings is 1. The van der Waals surface area contributed by atoms with E-state index < -0.39 is 0 Å². The van der Waals surface area contributed by atoms with Crippen molar-refractivity contribution in [2.24, 2.45) is 12.0 Å². The monoisotopic (exact) mass is 440 g/mol. The Kier molecular flexibility index (Phi) is 6.64. The number of carbonyl (C=O) groups is 1. The highest BCUT2D eigenvalue weighted by Crippen LogP contribution is 2.35. The molecular weight excluding hydrogens is 408 g/mol. The SMILES string of the molecule is CN=C(NCC1(c2ccc(OC)cc2)CCOCC1)N1CCN(c2cnn(C)c2)C(=O)C1. The first kappa shape index (κ1) is 22.1. The number of carbonyl (C=O) groups excluding carboxylic acids is 1. The van der Waals surface area contributed by atoms with Crippen molar-refractivity contribution < 1.29 is 14.3 Å². The summed E-state index contributed by atoms with van der Waals surface area (Å²) < 4.78 is 12.7. The highest BCUT2D eigenvalue weighted by molar-refractivity contribution is 5.98. The molecular formula is C23H32N6O3. The van der Waals surface area contributed by atoms with E-state index in [2.05, 4.69) is 27.5 Å². The molecule has 2 saturated heterocycles. The number of guanidine groups is 1. The molecule has 4 rings (SSSR count). The molecule has 0 aliphatic carbocycles. The van der Waals surface area contributed by atoms with Gasteiger partial charge in [-0.25, -0.2) is 0 Å². The van der Waals surface area contributed by atoms with E-state index in [4.69, 9.17) is 9.47 Å². The number of nitrogens with zero attached hydrogens (tertiary/aromatic N) is 5. The van der Waals surface area contributed by atoms with Crippen molar-refractivity contribution in [3.63, 3.8) is 0 Å². The van der Waals surface area contributed by atoms with Crippen molar-refractivity contribution in [1.82, 2.24) is 20.0 Å². The summed E-state index contributed by atoms with van der Waals surface area (Å²) in [5.74, 6) is 1.65. The van der Waals surface area contributed by atoms with Crippen LogP contribution in [0, 0.1) is 0 Å². The van der Waals surface area contributed by atoms with Crippen molar-refractivity contribution in [2.75, 3.05) is 58.5 Å². The topological polar surface area (TPSA) is 84.2 Å². The molecule has 2 fully saturated rings. The van der Waals surface area contributed by atoms with Crippen molar-refractivity contribution in [1.29, 1.82) is 0 Å². The molecule has 0 radical (unpaired) electrons. The summed E-state index contributed by atoms with van der Waals surface area (Å²) in [6.45, 7) is 3.78. The second kappa shape index (κ2) is 9.60. The lowest BCUT2D eigenvalue weighted by Crippen LogP contribution is -2.57. The minimum Gasteiger partial charge on any atom is -0.497 e. The van der Waals surface area contributed by atoms with Gasteiger partial charge in [-0.15, -0.1) is 0 Å². The normalized spacial score (nSPS) is 19.2. The summed E-state index contributed by atoms with van der Waals surface area (Å²) in [6.07, 6.45) is 5.45. The summed E-state index contributed by atoms with van der Waals surface area (Å²) in [7, 11) is 5.30. The molecule has 0 saturated carbocycles. The van der Waals surface area contributed by atoms with Gasteiger partial charge in [0, 0.05) is 58.6 Å². The Morgan fingerprint density at radius 1 is 1.25 bits per heavy atom. The minimum atomic E-state index is -0.0536. The van der Waals surface area contributed by atoms with Gasteiger partial charge >= 0.3 is 0 Å². The number of hydrogen-bond acceptors (Lipinski definition) is 5. The molecule has 1 N–H and O–H groups in total. The molecule has 1 amide bonds. The Bertz CT molecular complexity index is 949. The van der Waals surface area contributed by atoms with Gasteiger partial charge in [0.1, 0.15) is 12.3 Å². The van der Waals surface area contributed by atoms with Crippen molar-refractivity contribution in [3.05, 3.63) is 42.2 Å². The standard InChI is InChI=1S/C23H32N6O3/c1-24-22(28-10-11-29(21(30)16-28)19-14-26-27(2)15-19)25-17-23(8-12-32-13-9-23)18-4-6-20(31-3)7-5-18/h4-7,14-15H,8-13,16-17H2,1-3H3,(H,24,25). The minimum absolute atomic E-state index is 0.0446. The van der Waals surface area contributed by atoms with Gasteiger partial charge in [-0.2, -0.15) is 5.10 Å². The average molecular weight is 441 g/mol. The zero-order valence-corrected chi connectivity index (χ0v) is 19.1. The highest BCUT2D eigenvalue weighted by atomic mass is 16.5. The molecule has 0 bridgehead atoms. The third-order valence-electron chi connectivity index (χ3n) is 6.47. The molecule has 1 aromatic carbocycles. The van der Waals surface area contributed by atoms with Crippen LogP contribution in [0.5, 0.6) is 5.75 Å². The van der Waals surface area contributed by atoms with Gasteiger partial charge in [0.05, 0.1) is 19.0 Å². The smallest absolute Gasteiger partial charge is 0.246 e. The molecule has 2 aromatic rings. The summed E-state index contributed by atoms with van der Waals surface area (Å²) in [6, 6.07) is 8.31. The van der Waals surface area contributed by atoms with Gasteiger partial charge in [-0.05, 0) is 30.5 Å². The van der Waals surface area contributed by atoms with Crippen LogP contribution in [-0.4, -0.2) is 80.1 Å². The first-order valence-corrected chi connectivity index (χ1v) is 11.0. The van der Waals surface area contributed by atoms with Crippen molar-refractivity contribution >= 4 is 17.6 Å². The summed E-state index contributed by atoms with van der Waals surface area (Å²) in [5, 5.41) is 7.74. The number of benzene rings is 1. The Labute approximate surface area is 189 Å². The molecule has 9 heteroatoms. The number of nitrogens with one attached hydrogen (secondary N) is 1. The van der Waals surface area contributed by atoms with Gasteiger partial charge in [0.2, 0.25) is 5.91 Å². The maximum atomic E-state index is 12.8. The van der Waals surface area contributed by atoms with Crippen LogP contribution in [0.3, 0.4) is 0 Å². The van der Waals surface area contributed by atoms with Crippen LogP contribution in [-0.2, 0) is 22.0 Å². The summed E-state index contributed by atoms with van der Waals surface area (Å²) in [4.78, 5) is 21.1. The predicted octanol–water partition coefficient (Wildman–Crippen LogP) is 1.40. The lowest BCUT2D eigenvalue weighted by molar-refractivity contribution is -0.120. The van der Waals surface area contributed by atoms with E-state index in [0.717, 1.165) is 50.0 Å². The van der Waals surface area contributed by atoms with E-state index in [1.807, 2.05) is 30.3 Å². The van der Waals surface area contributed by atoms with Gasteiger partial charge in [-0.3, -0.25) is 14.5 Å². The molecule has 172 valence electrons.